The molecule has 2 rings (SSSR count). The topological polar surface area (TPSA) is 49.4 Å². The van der Waals surface area contributed by atoms with Crippen molar-refractivity contribution in [1.29, 1.82) is 0 Å². The number of likely N-dealkylation sites (N-methyl/N-ethyl adjacent to an activating group) is 1. The highest BCUT2D eigenvalue weighted by Gasteiger charge is 2.17. The van der Waals surface area contributed by atoms with Crippen molar-refractivity contribution in [3.8, 4) is 0 Å². The Balaban J connectivity index is 2.22. The van der Waals surface area contributed by atoms with Crippen LogP contribution in [0.1, 0.15) is 11.6 Å². The molecule has 1 unspecified atom stereocenters. The van der Waals surface area contributed by atoms with Crippen LogP contribution in [0.15, 0.2) is 53.4 Å². The summed E-state index contributed by atoms with van der Waals surface area (Å²) in [6.07, 6.45) is 1.22. The summed E-state index contributed by atoms with van der Waals surface area (Å²) in [6.45, 7) is 0.584. The van der Waals surface area contributed by atoms with E-state index in [9.17, 15) is 8.42 Å². The molecule has 0 fully saturated rings. The lowest BCUT2D eigenvalue weighted by atomic mass is 10.1. The molecule has 0 bridgehead atoms. The van der Waals surface area contributed by atoms with E-state index in [0.29, 0.717) is 22.2 Å². The van der Waals surface area contributed by atoms with E-state index in [1.165, 1.54) is 6.26 Å². The lowest BCUT2D eigenvalue weighted by Gasteiger charge is -2.26. The third-order valence-corrected chi connectivity index (χ3v) is 5.06. The molecule has 4 nitrogen and oxygen atoms in total. The lowest BCUT2D eigenvalue weighted by molar-refractivity contribution is 0.311. The number of hydrogen-bond acceptors (Lipinski definition) is 4. The quantitative estimate of drug-likeness (QED) is 0.865. The standard InChI is InChI=1S/C17H21ClN2O2S/c1-20(2)16(13-8-10-14(18)11-9-13)12-19-15-6-4-5-7-17(15)23(3,21)22/h4-11,16,19H,12H2,1-3H3. The number of benzene rings is 2. The maximum absolute atomic E-state index is 11.9. The predicted octanol–water partition coefficient (Wildman–Crippen LogP) is 3.46. The molecule has 1 atom stereocenters. The van der Waals surface area contributed by atoms with Crippen molar-refractivity contribution in [3.63, 3.8) is 0 Å². The van der Waals surface area contributed by atoms with Crippen LogP contribution in [0.5, 0.6) is 0 Å². The molecule has 0 aliphatic rings. The van der Waals surface area contributed by atoms with Crippen LogP contribution in [0.25, 0.3) is 0 Å². The molecule has 6 heteroatoms. The number of hydrogen-bond donors (Lipinski definition) is 1. The summed E-state index contributed by atoms with van der Waals surface area (Å²) < 4.78 is 23.7. The highest BCUT2D eigenvalue weighted by atomic mass is 35.5. The number of anilines is 1. The van der Waals surface area contributed by atoms with Crippen molar-refractivity contribution in [1.82, 2.24) is 4.90 Å². The molecule has 0 heterocycles. The van der Waals surface area contributed by atoms with Crippen LogP contribution in [0, 0.1) is 0 Å². The second-order valence-corrected chi connectivity index (χ2v) is 8.10. The number of para-hydroxylation sites is 1. The Hall–Kier alpha value is -1.56. The fourth-order valence-electron chi connectivity index (χ4n) is 2.43. The van der Waals surface area contributed by atoms with E-state index >= 15 is 0 Å². The molecule has 0 aliphatic heterocycles. The summed E-state index contributed by atoms with van der Waals surface area (Å²) in [5.41, 5.74) is 1.74. The molecule has 0 aromatic heterocycles. The number of halogens is 1. The summed E-state index contributed by atoms with van der Waals surface area (Å²) in [5.74, 6) is 0. The molecule has 1 N–H and O–H groups in total. The van der Waals surface area contributed by atoms with Crippen LogP contribution in [-0.2, 0) is 9.84 Å². The third kappa shape index (κ3) is 4.70. The fourth-order valence-corrected chi connectivity index (χ4v) is 3.42. The monoisotopic (exact) mass is 352 g/mol. The zero-order valence-corrected chi connectivity index (χ0v) is 15.0. The molecule has 23 heavy (non-hydrogen) atoms. The van der Waals surface area contributed by atoms with Crippen LogP contribution in [0.2, 0.25) is 5.02 Å². The summed E-state index contributed by atoms with van der Waals surface area (Å²) in [6, 6.07) is 14.7. The Bertz CT molecular complexity index is 758. The van der Waals surface area contributed by atoms with Gasteiger partial charge in [0.15, 0.2) is 9.84 Å². The van der Waals surface area contributed by atoms with E-state index in [2.05, 4.69) is 10.2 Å². The van der Waals surface area contributed by atoms with Crippen molar-refractivity contribution in [3.05, 3.63) is 59.1 Å². The Morgan fingerprint density at radius 1 is 1.09 bits per heavy atom. The zero-order valence-electron chi connectivity index (χ0n) is 13.5. The molecule has 0 radical (unpaired) electrons. The average Bonchev–Trinajstić information content (AvgIpc) is 2.48. The molecule has 0 saturated carbocycles. The van der Waals surface area contributed by atoms with E-state index in [1.807, 2.05) is 44.4 Å². The van der Waals surface area contributed by atoms with Gasteiger partial charge in [-0.15, -0.1) is 0 Å². The number of rotatable bonds is 6. The minimum absolute atomic E-state index is 0.0971. The first-order chi connectivity index (χ1) is 10.8. The van der Waals surface area contributed by atoms with Gasteiger partial charge in [0.2, 0.25) is 0 Å². The van der Waals surface area contributed by atoms with Gasteiger partial charge in [-0.25, -0.2) is 8.42 Å². The van der Waals surface area contributed by atoms with Crippen LogP contribution in [0.4, 0.5) is 5.69 Å². The Morgan fingerprint density at radius 2 is 1.70 bits per heavy atom. The molecule has 2 aromatic carbocycles. The Morgan fingerprint density at radius 3 is 2.26 bits per heavy atom. The van der Waals surface area contributed by atoms with E-state index in [1.54, 1.807) is 18.2 Å². The first kappa shape index (κ1) is 17.8. The summed E-state index contributed by atoms with van der Waals surface area (Å²) in [7, 11) is 0.714. The van der Waals surface area contributed by atoms with Crippen molar-refractivity contribution in [2.24, 2.45) is 0 Å². The number of nitrogens with one attached hydrogen (secondary N) is 1. The predicted molar refractivity (Wildman–Crippen MR) is 95.9 cm³/mol. The van der Waals surface area contributed by atoms with Crippen LogP contribution in [0.3, 0.4) is 0 Å². The van der Waals surface area contributed by atoms with Crippen LogP contribution >= 0.6 is 11.6 Å². The maximum atomic E-state index is 11.9. The van der Waals surface area contributed by atoms with Gasteiger partial charge in [-0.05, 0) is 43.9 Å². The van der Waals surface area contributed by atoms with Gasteiger partial charge < -0.3 is 10.2 Å². The van der Waals surface area contributed by atoms with Gasteiger partial charge in [0.1, 0.15) is 0 Å². The molecule has 0 spiro atoms. The SMILES string of the molecule is CN(C)C(CNc1ccccc1S(C)(=O)=O)c1ccc(Cl)cc1. The Labute approximate surface area is 143 Å². The smallest absolute Gasteiger partial charge is 0.177 e. The maximum Gasteiger partial charge on any atom is 0.177 e. The normalized spacial score (nSPS) is 13.1. The minimum atomic E-state index is -3.27. The highest BCUT2D eigenvalue weighted by molar-refractivity contribution is 7.90. The number of sulfone groups is 1. The van der Waals surface area contributed by atoms with Crippen LogP contribution < -0.4 is 5.32 Å². The molecule has 0 aliphatic carbocycles. The van der Waals surface area contributed by atoms with E-state index in [0.717, 1.165) is 5.56 Å². The van der Waals surface area contributed by atoms with Gasteiger partial charge in [0.05, 0.1) is 16.6 Å². The van der Waals surface area contributed by atoms with Gasteiger partial charge in [-0.2, -0.15) is 0 Å². The van der Waals surface area contributed by atoms with Crippen molar-refractivity contribution < 1.29 is 8.42 Å². The average molecular weight is 353 g/mol. The number of nitrogens with zero attached hydrogens (tertiary/aromatic N) is 1. The van der Waals surface area contributed by atoms with Gasteiger partial charge >= 0.3 is 0 Å². The lowest BCUT2D eigenvalue weighted by Crippen LogP contribution is -2.27. The summed E-state index contributed by atoms with van der Waals surface area (Å²) in [4.78, 5) is 2.40. The highest BCUT2D eigenvalue weighted by Crippen LogP contribution is 2.24. The van der Waals surface area contributed by atoms with Crippen molar-refractivity contribution in [2.45, 2.75) is 10.9 Å². The summed E-state index contributed by atoms with van der Waals surface area (Å²) >= 11 is 5.94. The second kappa shape index (κ2) is 7.34. The first-order valence-electron chi connectivity index (χ1n) is 7.24. The molecular weight excluding hydrogens is 332 g/mol. The van der Waals surface area contributed by atoms with E-state index < -0.39 is 9.84 Å². The zero-order chi connectivity index (χ0) is 17.0. The molecule has 0 amide bonds. The third-order valence-electron chi connectivity index (χ3n) is 3.65. The van der Waals surface area contributed by atoms with E-state index in [-0.39, 0.29) is 6.04 Å². The van der Waals surface area contributed by atoms with Crippen molar-refractivity contribution >= 4 is 27.1 Å². The van der Waals surface area contributed by atoms with Gasteiger partial charge in [-0.3, -0.25) is 0 Å². The molecule has 2 aromatic rings. The van der Waals surface area contributed by atoms with Gasteiger partial charge in [0, 0.05) is 17.8 Å². The fraction of sp³-hybridized carbons (Fsp3) is 0.294. The van der Waals surface area contributed by atoms with Crippen molar-refractivity contribution in [2.75, 3.05) is 32.2 Å². The van der Waals surface area contributed by atoms with Gasteiger partial charge in [0.25, 0.3) is 0 Å². The Kier molecular flexibility index (Phi) is 5.68. The first-order valence-corrected chi connectivity index (χ1v) is 9.51. The molecular formula is C17H21ClN2O2S. The second-order valence-electron chi connectivity index (χ2n) is 5.68. The summed E-state index contributed by atoms with van der Waals surface area (Å²) in [5, 5.41) is 3.96. The largest absolute Gasteiger partial charge is 0.382 e. The van der Waals surface area contributed by atoms with Crippen LogP contribution in [-0.4, -0.2) is 40.2 Å². The van der Waals surface area contributed by atoms with Gasteiger partial charge in [-0.1, -0.05) is 35.9 Å². The van der Waals surface area contributed by atoms with E-state index in [4.69, 9.17) is 11.6 Å². The molecule has 124 valence electrons. The molecule has 0 saturated heterocycles. The minimum Gasteiger partial charge on any atom is -0.382 e.